The Balaban J connectivity index is 2.00. The normalized spacial score (nSPS) is 22.1. The first-order valence-electron chi connectivity index (χ1n) is 18.5. The highest BCUT2D eigenvalue weighted by Crippen LogP contribution is 2.50. The Labute approximate surface area is 334 Å². The Morgan fingerprint density at radius 3 is 2.34 bits per heavy atom. The molecule has 4 N–H and O–H groups in total. The van der Waals surface area contributed by atoms with Crippen LogP contribution in [0.4, 0.5) is 13.6 Å². The van der Waals surface area contributed by atoms with Crippen molar-refractivity contribution in [3.8, 4) is 5.75 Å². The van der Waals surface area contributed by atoms with Gasteiger partial charge in [-0.05, 0) is 42.8 Å². The first-order valence-corrected chi connectivity index (χ1v) is 18.5. The van der Waals surface area contributed by atoms with E-state index in [0.29, 0.717) is 10.5 Å². The van der Waals surface area contributed by atoms with Gasteiger partial charge in [0.1, 0.15) is 31.1 Å². The molecule has 58 heavy (non-hydrogen) atoms. The van der Waals surface area contributed by atoms with Crippen LogP contribution in [0.5, 0.6) is 5.75 Å². The fourth-order valence-electron chi connectivity index (χ4n) is 6.33. The second kappa shape index (κ2) is 20.0. The van der Waals surface area contributed by atoms with Crippen LogP contribution >= 0.6 is 0 Å². The molecule has 18 heteroatoms. The van der Waals surface area contributed by atoms with Crippen molar-refractivity contribution in [1.29, 1.82) is 0 Å². The van der Waals surface area contributed by atoms with E-state index >= 15 is 8.78 Å². The molecule has 3 unspecified atom stereocenters. The number of benzene rings is 2. The number of carbonyl (C=O) groups excluding carboxylic acids is 4. The Morgan fingerprint density at radius 2 is 1.71 bits per heavy atom. The second-order valence-corrected chi connectivity index (χ2v) is 14.1. The number of rotatable bonds is 16. The van der Waals surface area contributed by atoms with Gasteiger partial charge in [0.25, 0.3) is 5.92 Å². The number of ether oxygens (including phenoxy) is 5. The average molecular weight is 817 g/mol. The van der Waals surface area contributed by atoms with Crippen LogP contribution in [-0.4, -0.2) is 107 Å². The summed E-state index contributed by atoms with van der Waals surface area (Å²) in [6.07, 6.45) is -1.17. The number of nitrogens with zero attached hydrogens (tertiary/aromatic N) is 2. The van der Waals surface area contributed by atoms with Crippen LogP contribution in [-0.2, 0) is 40.0 Å². The van der Waals surface area contributed by atoms with Gasteiger partial charge in [0.2, 0.25) is 11.4 Å². The van der Waals surface area contributed by atoms with Crippen molar-refractivity contribution in [2.45, 2.75) is 76.7 Å². The zero-order valence-electron chi connectivity index (χ0n) is 33.1. The van der Waals surface area contributed by atoms with Crippen LogP contribution in [0.1, 0.15) is 62.1 Å². The molecule has 1 amide bonds. The van der Waals surface area contributed by atoms with Crippen LogP contribution in [0.2, 0.25) is 0 Å². The van der Waals surface area contributed by atoms with Gasteiger partial charge in [0.05, 0.1) is 31.4 Å². The van der Waals surface area contributed by atoms with Gasteiger partial charge in [-0.2, -0.15) is 0 Å². The number of alkyl halides is 2. The van der Waals surface area contributed by atoms with E-state index in [1.807, 2.05) is 0 Å². The minimum absolute atomic E-state index is 0.116. The highest BCUT2D eigenvalue weighted by Gasteiger charge is 2.69. The zero-order valence-corrected chi connectivity index (χ0v) is 33.1. The Bertz CT molecular complexity index is 1840. The van der Waals surface area contributed by atoms with E-state index in [4.69, 9.17) is 28.5 Å². The number of hydrogen-bond acceptors (Lipinski definition) is 15. The number of alkyl carbamates (subject to hydrolysis) is 1. The summed E-state index contributed by atoms with van der Waals surface area (Å²) in [4.78, 5) is 65.7. The highest BCUT2D eigenvalue weighted by atomic mass is 19.3. The molecule has 1 saturated heterocycles. The second-order valence-electron chi connectivity index (χ2n) is 14.1. The Morgan fingerprint density at radius 1 is 1.00 bits per heavy atom. The van der Waals surface area contributed by atoms with Gasteiger partial charge in [-0.1, -0.05) is 64.1 Å². The fourth-order valence-corrected chi connectivity index (χ4v) is 6.33. The van der Waals surface area contributed by atoms with Gasteiger partial charge in [0.15, 0.2) is 0 Å². The summed E-state index contributed by atoms with van der Waals surface area (Å²) in [5.41, 5.74) is -3.99. The van der Waals surface area contributed by atoms with Gasteiger partial charge in [-0.15, -0.1) is 5.48 Å². The molecule has 2 aromatic carbocycles. The van der Waals surface area contributed by atoms with E-state index in [2.05, 4.69) is 15.8 Å². The molecule has 1 aliphatic rings. The van der Waals surface area contributed by atoms with Crippen molar-refractivity contribution in [3.05, 3.63) is 95.8 Å². The summed E-state index contributed by atoms with van der Waals surface area (Å²) in [6, 6.07) is 11.3. The number of amides is 1. The molecule has 1 aromatic heterocycles. The molecule has 4 rings (SSSR count). The maximum atomic E-state index is 17.6. The quantitative estimate of drug-likeness (QED) is 0.0701. The highest BCUT2D eigenvalue weighted by molar-refractivity contribution is 5.91. The molecule has 0 bridgehead atoms. The molecule has 316 valence electrons. The number of methoxy groups -OCH3 is 1. The number of nitrogens with one attached hydrogen (secondary N) is 2. The third-order valence-corrected chi connectivity index (χ3v) is 9.50. The molecular weight excluding hydrogens is 766 g/mol. The number of aliphatic hydroxyl groups is 2. The van der Waals surface area contributed by atoms with Crippen LogP contribution in [0.25, 0.3) is 0 Å². The first kappa shape index (κ1) is 45.6. The standard InChI is InChI=1S/C40H50F2N4O12/c1-25(2)39(44-37(51)56-24-28-12-11-17-43-23-28)35(49)58-45-27(5)33(47)38(41,42)32(30-15-10-16-31(22-30)57-34(48)29-13-8-7-9-14-29)46(39)40(52,26(3)4)36(50)55-21-20-54-19-18-53-6/h7-17,22-23,25-27,32-33,45,47,52H,18-21,24H2,1-6H3,(H,44,51)/t27?,32?,33?,39-,40-/m0/s1. The Hall–Kier alpha value is -5.11. The van der Waals surface area contributed by atoms with Gasteiger partial charge in [0, 0.05) is 36.9 Å². The van der Waals surface area contributed by atoms with Crippen molar-refractivity contribution in [3.63, 3.8) is 0 Å². The molecule has 0 saturated carbocycles. The van der Waals surface area contributed by atoms with Crippen molar-refractivity contribution >= 4 is 24.0 Å². The maximum Gasteiger partial charge on any atom is 0.409 e. The maximum absolute atomic E-state index is 17.6. The smallest absolute Gasteiger partial charge is 0.409 e. The lowest BCUT2D eigenvalue weighted by Gasteiger charge is -2.55. The van der Waals surface area contributed by atoms with Gasteiger partial charge < -0.3 is 38.7 Å². The third kappa shape index (κ3) is 10.1. The van der Waals surface area contributed by atoms with E-state index in [9.17, 15) is 29.4 Å². The lowest BCUT2D eigenvalue weighted by molar-refractivity contribution is -0.271. The minimum Gasteiger partial charge on any atom is -0.460 e. The molecule has 5 atom stereocenters. The predicted molar refractivity (Wildman–Crippen MR) is 201 cm³/mol. The molecular formula is C40H50F2N4O12. The summed E-state index contributed by atoms with van der Waals surface area (Å²) in [5, 5.41) is 26.6. The fraction of sp³-hybridized carbons (Fsp3) is 0.475. The van der Waals surface area contributed by atoms with E-state index in [1.54, 1.807) is 30.3 Å². The van der Waals surface area contributed by atoms with E-state index < -0.39 is 90.1 Å². The lowest BCUT2D eigenvalue weighted by atomic mass is 9.81. The van der Waals surface area contributed by atoms with Gasteiger partial charge >= 0.3 is 24.0 Å². The van der Waals surface area contributed by atoms with Crippen LogP contribution < -0.4 is 15.5 Å². The van der Waals surface area contributed by atoms with Crippen molar-refractivity contribution < 1.29 is 66.7 Å². The molecule has 0 aliphatic carbocycles. The predicted octanol–water partition coefficient (Wildman–Crippen LogP) is 3.92. The molecule has 0 radical (unpaired) electrons. The largest absolute Gasteiger partial charge is 0.460 e. The Kier molecular flexibility index (Phi) is 15.8. The lowest BCUT2D eigenvalue weighted by Crippen LogP contribution is -2.79. The third-order valence-electron chi connectivity index (χ3n) is 9.50. The molecule has 3 aromatic rings. The number of halogens is 2. The number of aliphatic hydroxyl groups excluding tert-OH is 1. The van der Waals surface area contributed by atoms with Gasteiger partial charge in [-0.25, -0.2) is 32.9 Å². The van der Waals surface area contributed by atoms with Crippen molar-refractivity contribution in [1.82, 2.24) is 20.7 Å². The van der Waals surface area contributed by atoms with E-state index in [0.717, 1.165) is 19.1 Å². The summed E-state index contributed by atoms with van der Waals surface area (Å²) in [5.74, 6) is -11.3. The number of esters is 2. The molecule has 2 heterocycles. The van der Waals surface area contributed by atoms with Crippen LogP contribution in [0.15, 0.2) is 79.1 Å². The van der Waals surface area contributed by atoms with E-state index in [-0.39, 0.29) is 31.1 Å². The number of pyridine rings is 1. The molecule has 1 fully saturated rings. The topological polar surface area (TPSA) is 204 Å². The van der Waals surface area contributed by atoms with E-state index in [1.165, 1.54) is 71.5 Å². The van der Waals surface area contributed by atoms with Gasteiger partial charge in [-0.3, -0.25) is 10.3 Å². The summed E-state index contributed by atoms with van der Waals surface area (Å²) in [6.45, 7) is 5.63. The summed E-state index contributed by atoms with van der Waals surface area (Å²) < 4.78 is 62.0. The number of hydrogen-bond donors (Lipinski definition) is 4. The summed E-state index contributed by atoms with van der Waals surface area (Å²) in [7, 11) is 1.45. The van der Waals surface area contributed by atoms with Crippen LogP contribution in [0, 0.1) is 11.8 Å². The molecule has 1 aliphatic heterocycles. The zero-order chi connectivity index (χ0) is 42.7. The minimum atomic E-state index is -4.45. The number of aromatic nitrogens is 1. The summed E-state index contributed by atoms with van der Waals surface area (Å²) >= 11 is 0. The monoisotopic (exact) mass is 816 g/mol. The van der Waals surface area contributed by atoms with Crippen molar-refractivity contribution in [2.75, 3.05) is 33.5 Å². The molecule has 16 nitrogen and oxygen atoms in total. The number of hydroxylamine groups is 1. The average Bonchev–Trinajstić information content (AvgIpc) is 3.22. The number of carbonyl (C=O) groups is 4. The van der Waals surface area contributed by atoms with Crippen LogP contribution in [0.3, 0.4) is 0 Å². The molecule has 0 spiro atoms. The SMILES string of the molecule is COCCOCCOC(=O)[C@@](O)(C(C)C)N1C(c2cccc(OC(=O)c3ccccc3)c2)C(F)(F)C(O)C(C)NOC(=O)[C@]1(NC(=O)OCc1cccnc1)C(C)C. The first-order chi connectivity index (χ1) is 27.5. The van der Waals surface area contributed by atoms with Crippen molar-refractivity contribution in [2.24, 2.45) is 11.8 Å².